The molecule has 0 aliphatic rings. The molecule has 4 aromatic rings. The van der Waals surface area contributed by atoms with E-state index in [-0.39, 0.29) is 5.91 Å². The van der Waals surface area contributed by atoms with Gasteiger partial charge in [0.15, 0.2) is 5.65 Å². The number of pyridine rings is 2. The summed E-state index contributed by atoms with van der Waals surface area (Å²) in [6, 6.07) is 15.1. The average Bonchev–Trinajstić information content (AvgIpc) is 3.11. The average molecular weight is 343 g/mol. The fourth-order valence-corrected chi connectivity index (χ4v) is 2.86. The number of aromatic nitrogens is 4. The second kappa shape index (κ2) is 6.76. The van der Waals surface area contributed by atoms with Gasteiger partial charge in [-0.05, 0) is 25.1 Å². The third-order valence-electron chi connectivity index (χ3n) is 4.16. The molecule has 1 N–H and O–H groups in total. The molecule has 0 aliphatic heterocycles. The Morgan fingerprint density at radius 3 is 2.62 bits per heavy atom. The van der Waals surface area contributed by atoms with Crippen LogP contribution in [0, 0.1) is 0 Å². The SMILES string of the molecule is CCn1ncc2c(C(=O)Nc3ccncc3)cc(-c3ccccc3)nc21. The summed E-state index contributed by atoms with van der Waals surface area (Å²) in [5, 5.41) is 8.01. The first kappa shape index (κ1) is 16.0. The Balaban J connectivity index is 1.84. The molecule has 128 valence electrons. The van der Waals surface area contributed by atoms with Crippen molar-refractivity contribution < 1.29 is 4.79 Å². The second-order valence-electron chi connectivity index (χ2n) is 5.81. The van der Waals surface area contributed by atoms with Crippen LogP contribution in [0.5, 0.6) is 0 Å². The van der Waals surface area contributed by atoms with Crippen LogP contribution in [0.3, 0.4) is 0 Å². The molecule has 26 heavy (non-hydrogen) atoms. The molecule has 3 aromatic heterocycles. The number of carbonyl (C=O) groups is 1. The minimum atomic E-state index is -0.198. The van der Waals surface area contributed by atoms with Gasteiger partial charge in [0.05, 0.1) is 22.8 Å². The van der Waals surface area contributed by atoms with E-state index in [1.165, 1.54) is 0 Å². The first-order chi connectivity index (χ1) is 12.8. The minimum Gasteiger partial charge on any atom is -0.322 e. The van der Waals surface area contributed by atoms with Gasteiger partial charge in [-0.25, -0.2) is 9.67 Å². The number of aryl methyl sites for hydroxylation is 1. The summed E-state index contributed by atoms with van der Waals surface area (Å²) in [7, 11) is 0. The van der Waals surface area contributed by atoms with E-state index in [9.17, 15) is 4.79 Å². The minimum absolute atomic E-state index is 0.198. The van der Waals surface area contributed by atoms with Gasteiger partial charge in [-0.1, -0.05) is 30.3 Å². The summed E-state index contributed by atoms with van der Waals surface area (Å²) in [5.74, 6) is -0.198. The number of anilines is 1. The van der Waals surface area contributed by atoms with Gasteiger partial charge in [-0.2, -0.15) is 5.10 Å². The van der Waals surface area contributed by atoms with Crippen LogP contribution in [-0.2, 0) is 6.54 Å². The topological polar surface area (TPSA) is 72.7 Å². The lowest BCUT2D eigenvalue weighted by atomic mass is 10.1. The maximum atomic E-state index is 12.9. The number of benzene rings is 1. The van der Waals surface area contributed by atoms with Gasteiger partial charge >= 0.3 is 0 Å². The third kappa shape index (κ3) is 2.93. The van der Waals surface area contributed by atoms with Gasteiger partial charge in [-0.15, -0.1) is 0 Å². The van der Waals surface area contributed by atoms with Crippen LogP contribution in [0.1, 0.15) is 17.3 Å². The molecule has 0 unspecified atom stereocenters. The fraction of sp³-hybridized carbons (Fsp3) is 0.100. The van der Waals surface area contributed by atoms with Crippen LogP contribution in [-0.4, -0.2) is 25.7 Å². The van der Waals surface area contributed by atoms with Gasteiger partial charge < -0.3 is 5.32 Å². The molecule has 0 saturated heterocycles. The second-order valence-corrected chi connectivity index (χ2v) is 5.81. The van der Waals surface area contributed by atoms with Crippen LogP contribution in [0.25, 0.3) is 22.3 Å². The number of hydrogen-bond acceptors (Lipinski definition) is 4. The highest BCUT2D eigenvalue weighted by Crippen LogP contribution is 2.25. The van der Waals surface area contributed by atoms with Crippen LogP contribution in [0.4, 0.5) is 5.69 Å². The molecular weight excluding hydrogens is 326 g/mol. The van der Waals surface area contributed by atoms with Crippen molar-refractivity contribution in [2.24, 2.45) is 0 Å². The van der Waals surface area contributed by atoms with Crippen LogP contribution >= 0.6 is 0 Å². The smallest absolute Gasteiger partial charge is 0.256 e. The molecule has 0 aliphatic carbocycles. The Hall–Kier alpha value is -3.54. The maximum Gasteiger partial charge on any atom is 0.256 e. The van der Waals surface area contributed by atoms with Crippen molar-refractivity contribution in [3.63, 3.8) is 0 Å². The first-order valence-electron chi connectivity index (χ1n) is 8.39. The molecule has 0 fully saturated rings. The summed E-state index contributed by atoms with van der Waals surface area (Å²) >= 11 is 0. The Morgan fingerprint density at radius 2 is 1.88 bits per heavy atom. The number of carbonyl (C=O) groups excluding carboxylic acids is 1. The predicted octanol–water partition coefficient (Wildman–Crippen LogP) is 3.77. The van der Waals surface area contributed by atoms with Gasteiger partial charge in [0.2, 0.25) is 0 Å². The van der Waals surface area contributed by atoms with E-state index in [4.69, 9.17) is 4.98 Å². The van der Waals surface area contributed by atoms with E-state index in [2.05, 4.69) is 15.4 Å². The molecule has 1 aromatic carbocycles. The van der Waals surface area contributed by atoms with Crippen LogP contribution in [0.2, 0.25) is 0 Å². The molecule has 6 heteroatoms. The number of nitrogens with zero attached hydrogens (tertiary/aromatic N) is 4. The van der Waals surface area contributed by atoms with Crippen LogP contribution in [0.15, 0.2) is 67.1 Å². The largest absolute Gasteiger partial charge is 0.322 e. The number of hydrogen-bond donors (Lipinski definition) is 1. The predicted molar refractivity (Wildman–Crippen MR) is 101 cm³/mol. The van der Waals surface area contributed by atoms with E-state index in [1.807, 2.05) is 43.3 Å². The fourth-order valence-electron chi connectivity index (χ4n) is 2.86. The van der Waals surface area contributed by atoms with E-state index in [0.717, 1.165) is 16.6 Å². The molecular formula is C20H17N5O. The standard InChI is InChI=1S/C20H17N5O/c1-2-25-19-17(13-22-25)16(20(26)23-15-8-10-21-11-9-15)12-18(24-19)14-6-4-3-5-7-14/h3-13H,2H2,1H3,(H,21,23,26). The van der Waals surface area contributed by atoms with Crippen molar-refractivity contribution in [1.82, 2.24) is 19.7 Å². The lowest BCUT2D eigenvalue weighted by Crippen LogP contribution is -2.13. The summed E-state index contributed by atoms with van der Waals surface area (Å²) in [4.78, 5) is 21.6. The van der Waals surface area contributed by atoms with E-state index < -0.39 is 0 Å². The van der Waals surface area contributed by atoms with Gasteiger partial charge in [0.1, 0.15) is 0 Å². The summed E-state index contributed by atoms with van der Waals surface area (Å²) < 4.78 is 1.80. The monoisotopic (exact) mass is 343 g/mol. The molecule has 0 bridgehead atoms. The van der Waals surface area contributed by atoms with E-state index in [1.54, 1.807) is 35.4 Å². The lowest BCUT2D eigenvalue weighted by molar-refractivity contribution is 0.102. The third-order valence-corrected chi connectivity index (χ3v) is 4.16. The lowest BCUT2D eigenvalue weighted by Gasteiger charge is -2.09. The summed E-state index contributed by atoms with van der Waals surface area (Å²) in [5.41, 5.74) is 3.64. The van der Waals surface area contributed by atoms with Gasteiger partial charge in [0, 0.05) is 30.2 Å². The van der Waals surface area contributed by atoms with Crippen molar-refractivity contribution in [3.8, 4) is 11.3 Å². The number of nitrogens with one attached hydrogen (secondary N) is 1. The Labute approximate surface area is 150 Å². The Kier molecular flexibility index (Phi) is 4.15. The van der Waals surface area contributed by atoms with Crippen molar-refractivity contribution in [3.05, 3.63) is 72.7 Å². The zero-order valence-corrected chi connectivity index (χ0v) is 14.3. The highest BCUT2D eigenvalue weighted by molar-refractivity contribution is 6.12. The Bertz CT molecular complexity index is 1060. The molecule has 3 heterocycles. The molecule has 0 radical (unpaired) electrons. The summed E-state index contributed by atoms with van der Waals surface area (Å²) in [6.07, 6.45) is 4.98. The highest BCUT2D eigenvalue weighted by Gasteiger charge is 2.17. The van der Waals surface area contributed by atoms with Crippen molar-refractivity contribution in [2.75, 3.05) is 5.32 Å². The molecule has 0 atom stereocenters. The highest BCUT2D eigenvalue weighted by atomic mass is 16.1. The zero-order chi connectivity index (χ0) is 17.9. The van der Waals surface area contributed by atoms with Crippen molar-refractivity contribution >= 4 is 22.6 Å². The van der Waals surface area contributed by atoms with E-state index >= 15 is 0 Å². The van der Waals surface area contributed by atoms with Crippen molar-refractivity contribution in [2.45, 2.75) is 13.5 Å². The van der Waals surface area contributed by atoms with Gasteiger partial charge in [0.25, 0.3) is 5.91 Å². The Morgan fingerprint density at radius 1 is 1.12 bits per heavy atom. The number of amides is 1. The van der Waals surface area contributed by atoms with Crippen LogP contribution < -0.4 is 5.32 Å². The number of fused-ring (bicyclic) bond motifs is 1. The quantitative estimate of drug-likeness (QED) is 0.612. The van der Waals surface area contributed by atoms with Crippen molar-refractivity contribution in [1.29, 1.82) is 0 Å². The molecule has 1 amide bonds. The first-order valence-corrected chi connectivity index (χ1v) is 8.39. The van der Waals surface area contributed by atoms with Gasteiger partial charge in [-0.3, -0.25) is 9.78 Å². The molecule has 4 rings (SSSR count). The molecule has 6 nitrogen and oxygen atoms in total. The number of rotatable bonds is 4. The normalized spacial score (nSPS) is 10.8. The summed E-state index contributed by atoms with van der Waals surface area (Å²) in [6.45, 7) is 2.68. The molecule has 0 saturated carbocycles. The maximum absolute atomic E-state index is 12.9. The zero-order valence-electron chi connectivity index (χ0n) is 14.3. The van der Waals surface area contributed by atoms with E-state index in [0.29, 0.717) is 23.4 Å². The molecule has 0 spiro atoms.